The average molecular weight is 608 g/mol. The van der Waals surface area contributed by atoms with E-state index in [0.29, 0.717) is 43.6 Å². The molecule has 1 fully saturated rings. The van der Waals surface area contributed by atoms with Crippen LogP contribution in [0.25, 0.3) is 0 Å². The summed E-state index contributed by atoms with van der Waals surface area (Å²) in [4.78, 5) is 42.3. The molecule has 3 atom stereocenters. The number of carbonyl (C=O) groups is 3. The molecular formula is C30H36F3N3O5S. The van der Waals surface area contributed by atoms with Crippen molar-refractivity contribution in [2.75, 3.05) is 25.4 Å². The molecule has 0 bridgehead atoms. The van der Waals surface area contributed by atoms with Crippen molar-refractivity contribution in [1.82, 2.24) is 9.80 Å². The number of halogens is 3. The largest absolute Gasteiger partial charge is 0.478 e. The summed E-state index contributed by atoms with van der Waals surface area (Å²) in [6, 6.07) is 5.95. The highest BCUT2D eigenvalue weighted by Crippen LogP contribution is 2.31. The van der Waals surface area contributed by atoms with E-state index in [9.17, 15) is 27.6 Å². The maximum atomic E-state index is 14.1. The van der Waals surface area contributed by atoms with Crippen molar-refractivity contribution in [1.29, 1.82) is 0 Å². The van der Waals surface area contributed by atoms with E-state index >= 15 is 0 Å². The van der Waals surface area contributed by atoms with E-state index in [1.165, 1.54) is 16.7 Å². The third-order valence-corrected chi connectivity index (χ3v) is 8.51. The van der Waals surface area contributed by atoms with Gasteiger partial charge in [0.25, 0.3) is 5.91 Å². The van der Waals surface area contributed by atoms with Gasteiger partial charge in [0, 0.05) is 49.8 Å². The summed E-state index contributed by atoms with van der Waals surface area (Å²) < 4.78 is 52.0. The molecule has 2 amide bonds. The second kappa shape index (κ2) is 13.8. The number of thioether (sulfide) groups is 1. The minimum atomic E-state index is -1.29. The summed E-state index contributed by atoms with van der Waals surface area (Å²) in [6.45, 7) is 6.91. The number of fused-ring (bicyclic) bond motifs is 1. The molecule has 2 aliphatic rings. The zero-order valence-electron chi connectivity index (χ0n) is 23.9. The Kier molecular flexibility index (Phi) is 10.4. The van der Waals surface area contributed by atoms with Crippen LogP contribution in [0.4, 0.5) is 13.2 Å². The van der Waals surface area contributed by atoms with Crippen molar-refractivity contribution in [3.05, 3.63) is 64.5 Å². The normalized spacial score (nSPS) is 18.0. The summed E-state index contributed by atoms with van der Waals surface area (Å²) in [7, 11) is 0. The molecule has 2 unspecified atom stereocenters. The molecule has 42 heavy (non-hydrogen) atoms. The van der Waals surface area contributed by atoms with E-state index in [0.717, 1.165) is 17.2 Å². The van der Waals surface area contributed by atoms with E-state index in [4.69, 9.17) is 15.2 Å². The van der Waals surface area contributed by atoms with Gasteiger partial charge in [-0.2, -0.15) is 0 Å². The molecule has 0 spiro atoms. The van der Waals surface area contributed by atoms with Crippen LogP contribution < -0.4 is 10.5 Å². The standard InChI is InChI=1S/C30H36F3N3O5S/c1-4-40-30(39)27(17(2)3)41-22-6-5-18-7-8-35(16-20(18)12-22)28(38)29-36(9-10-42-29)26(37)14-21(34)11-19-13-24(32)25(33)15-23(19)31/h5-6,12-13,15,17,21,27,29H,4,7-11,14,16,34H2,1-3H3/t21-,27?,29?/m1/s1. The summed E-state index contributed by atoms with van der Waals surface area (Å²) in [5, 5.41) is -0.722. The van der Waals surface area contributed by atoms with Crippen molar-refractivity contribution in [2.45, 2.75) is 64.1 Å². The van der Waals surface area contributed by atoms with E-state index < -0.39 is 40.9 Å². The highest BCUT2D eigenvalue weighted by Gasteiger charge is 2.38. The number of hydrogen-bond acceptors (Lipinski definition) is 7. The lowest BCUT2D eigenvalue weighted by Crippen LogP contribution is -2.49. The Morgan fingerprint density at radius 2 is 1.79 bits per heavy atom. The molecule has 228 valence electrons. The van der Waals surface area contributed by atoms with Crippen LogP contribution in [0.5, 0.6) is 5.75 Å². The van der Waals surface area contributed by atoms with Gasteiger partial charge in [-0.15, -0.1) is 11.8 Å². The van der Waals surface area contributed by atoms with Gasteiger partial charge in [-0.3, -0.25) is 9.59 Å². The molecule has 0 aromatic heterocycles. The zero-order chi connectivity index (χ0) is 30.6. The summed E-state index contributed by atoms with van der Waals surface area (Å²) in [5.74, 6) is -3.43. The van der Waals surface area contributed by atoms with Gasteiger partial charge in [-0.1, -0.05) is 19.9 Å². The summed E-state index contributed by atoms with van der Waals surface area (Å²) in [5.41, 5.74) is 7.94. The first-order valence-electron chi connectivity index (χ1n) is 14.0. The van der Waals surface area contributed by atoms with Crippen molar-refractivity contribution in [3.8, 4) is 5.75 Å². The summed E-state index contributed by atoms with van der Waals surface area (Å²) in [6.07, 6.45) is -0.467. The van der Waals surface area contributed by atoms with Crippen LogP contribution >= 0.6 is 11.8 Å². The molecule has 0 aliphatic carbocycles. The maximum absolute atomic E-state index is 14.1. The van der Waals surface area contributed by atoms with Gasteiger partial charge in [0.05, 0.1) is 6.61 Å². The highest BCUT2D eigenvalue weighted by molar-refractivity contribution is 8.00. The Morgan fingerprint density at radius 3 is 2.50 bits per heavy atom. The second-order valence-corrected chi connectivity index (χ2v) is 12.0. The number of esters is 1. The van der Waals surface area contributed by atoms with Crippen LogP contribution in [0, 0.1) is 23.4 Å². The van der Waals surface area contributed by atoms with E-state index in [1.54, 1.807) is 11.8 Å². The number of carbonyl (C=O) groups excluding carboxylic acids is 3. The van der Waals surface area contributed by atoms with Gasteiger partial charge in [0.1, 0.15) is 11.6 Å². The predicted molar refractivity (Wildman–Crippen MR) is 152 cm³/mol. The van der Waals surface area contributed by atoms with Crippen LogP contribution in [0.1, 0.15) is 43.9 Å². The highest BCUT2D eigenvalue weighted by atomic mass is 32.2. The molecule has 0 radical (unpaired) electrons. The summed E-state index contributed by atoms with van der Waals surface area (Å²) >= 11 is 1.37. The monoisotopic (exact) mass is 607 g/mol. The number of nitrogens with zero attached hydrogens (tertiary/aromatic N) is 2. The lowest BCUT2D eigenvalue weighted by molar-refractivity contribution is -0.153. The molecule has 2 aliphatic heterocycles. The first kappa shape index (κ1) is 31.7. The second-order valence-electron chi connectivity index (χ2n) is 10.8. The Bertz CT molecular complexity index is 1330. The number of nitrogens with two attached hydrogens (primary N) is 1. The Labute approximate surface area is 247 Å². The molecular weight excluding hydrogens is 571 g/mol. The van der Waals surface area contributed by atoms with Gasteiger partial charge < -0.3 is 25.0 Å². The Morgan fingerprint density at radius 1 is 1.05 bits per heavy atom. The Balaban J connectivity index is 1.39. The topological polar surface area (TPSA) is 102 Å². The predicted octanol–water partition coefficient (Wildman–Crippen LogP) is 3.82. The number of hydrogen-bond donors (Lipinski definition) is 1. The SMILES string of the molecule is CCOC(=O)C(Oc1ccc2c(c1)CN(C(=O)C1SCCN1C(=O)C[C@H](N)Cc1cc(F)c(F)cc1F)CC2)C(C)C. The van der Waals surface area contributed by atoms with Crippen LogP contribution in [0.15, 0.2) is 30.3 Å². The van der Waals surface area contributed by atoms with Gasteiger partial charge in [-0.25, -0.2) is 18.0 Å². The molecule has 2 aromatic carbocycles. The molecule has 8 nitrogen and oxygen atoms in total. The fraction of sp³-hybridized carbons (Fsp3) is 0.500. The van der Waals surface area contributed by atoms with Crippen molar-refractivity contribution in [2.24, 2.45) is 11.7 Å². The van der Waals surface area contributed by atoms with E-state index in [1.807, 2.05) is 32.0 Å². The minimum absolute atomic E-state index is 0.106. The van der Waals surface area contributed by atoms with Crippen LogP contribution in [-0.4, -0.2) is 70.6 Å². The molecule has 12 heteroatoms. The third-order valence-electron chi connectivity index (χ3n) is 7.32. The number of ether oxygens (including phenoxy) is 2. The molecule has 2 heterocycles. The number of benzene rings is 2. The first-order valence-corrected chi connectivity index (χ1v) is 15.1. The molecule has 2 N–H and O–H groups in total. The Hall–Kier alpha value is -3.25. The molecule has 2 aromatic rings. The van der Waals surface area contributed by atoms with E-state index in [2.05, 4.69) is 0 Å². The van der Waals surface area contributed by atoms with Gasteiger partial charge in [0.2, 0.25) is 5.91 Å². The van der Waals surface area contributed by atoms with E-state index in [-0.39, 0.29) is 42.7 Å². The number of rotatable bonds is 10. The fourth-order valence-electron chi connectivity index (χ4n) is 5.12. The fourth-order valence-corrected chi connectivity index (χ4v) is 6.34. The van der Waals surface area contributed by atoms with Crippen molar-refractivity contribution >= 4 is 29.5 Å². The quantitative estimate of drug-likeness (QED) is 0.324. The van der Waals surface area contributed by atoms with Crippen molar-refractivity contribution < 1.29 is 37.0 Å². The van der Waals surface area contributed by atoms with Crippen LogP contribution in [0.2, 0.25) is 0 Å². The van der Waals surface area contributed by atoms with Gasteiger partial charge >= 0.3 is 5.97 Å². The lowest BCUT2D eigenvalue weighted by Gasteiger charge is -2.33. The number of amides is 2. The zero-order valence-corrected chi connectivity index (χ0v) is 24.7. The first-order chi connectivity index (χ1) is 20.0. The van der Waals surface area contributed by atoms with Gasteiger partial charge in [-0.05, 0) is 54.7 Å². The smallest absolute Gasteiger partial charge is 0.347 e. The van der Waals surface area contributed by atoms with Crippen LogP contribution in [-0.2, 0) is 38.5 Å². The van der Waals surface area contributed by atoms with Crippen LogP contribution in [0.3, 0.4) is 0 Å². The van der Waals surface area contributed by atoms with Gasteiger partial charge in [0.15, 0.2) is 23.1 Å². The molecule has 4 rings (SSSR count). The maximum Gasteiger partial charge on any atom is 0.347 e. The van der Waals surface area contributed by atoms with Crippen molar-refractivity contribution in [3.63, 3.8) is 0 Å². The average Bonchev–Trinajstić information content (AvgIpc) is 3.44. The molecule has 0 saturated carbocycles. The third kappa shape index (κ3) is 7.38. The lowest BCUT2D eigenvalue weighted by atomic mass is 9.99. The minimum Gasteiger partial charge on any atom is -0.478 e. The molecule has 1 saturated heterocycles.